The van der Waals surface area contributed by atoms with Gasteiger partial charge >= 0.3 is 0 Å². The fraction of sp³-hybridized carbons (Fsp3) is 0.263. The van der Waals surface area contributed by atoms with Gasteiger partial charge in [-0.3, -0.25) is 9.59 Å². The normalized spacial score (nSPS) is 10.5. The number of hydrogen-bond donors (Lipinski definition) is 2. The minimum absolute atomic E-state index is 0.208. The number of rotatable bonds is 6. The summed E-state index contributed by atoms with van der Waals surface area (Å²) in [4.78, 5) is 24.0. The second kappa shape index (κ2) is 8.50. The van der Waals surface area contributed by atoms with E-state index < -0.39 is 0 Å². The van der Waals surface area contributed by atoms with Crippen LogP contribution >= 0.6 is 11.6 Å². The van der Waals surface area contributed by atoms with Crippen LogP contribution in [0.2, 0.25) is 5.02 Å². The van der Waals surface area contributed by atoms with E-state index in [1.165, 1.54) is 0 Å². The van der Waals surface area contributed by atoms with E-state index in [9.17, 15) is 9.59 Å². The van der Waals surface area contributed by atoms with Crippen molar-refractivity contribution in [3.63, 3.8) is 0 Å². The van der Waals surface area contributed by atoms with Crippen LogP contribution in [0.25, 0.3) is 0 Å². The van der Waals surface area contributed by atoms with Gasteiger partial charge in [0, 0.05) is 17.3 Å². The summed E-state index contributed by atoms with van der Waals surface area (Å²) in [6.07, 6.45) is -0.208. The second-order valence-corrected chi connectivity index (χ2v) is 6.31. The van der Waals surface area contributed by atoms with E-state index >= 15 is 0 Å². The Morgan fingerprint density at radius 3 is 2.33 bits per heavy atom. The van der Waals surface area contributed by atoms with Gasteiger partial charge in [-0.05, 0) is 35.2 Å². The maximum absolute atomic E-state index is 12.1. The number of carbonyl (C=O) groups excluding carboxylic acids is 2. The molecule has 0 saturated heterocycles. The van der Waals surface area contributed by atoms with Crippen LogP contribution in [-0.2, 0) is 16.1 Å². The Hall–Kier alpha value is -2.33. The van der Waals surface area contributed by atoms with Gasteiger partial charge in [-0.25, -0.2) is 0 Å². The molecule has 0 atom stereocenters. The molecule has 0 heterocycles. The van der Waals surface area contributed by atoms with Crippen molar-refractivity contribution in [2.45, 2.75) is 32.7 Å². The van der Waals surface area contributed by atoms with Crippen LogP contribution in [0.1, 0.15) is 37.3 Å². The average Bonchev–Trinajstić information content (AvgIpc) is 2.54. The number of halogens is 1. The molecule has 2 rings (SSSR count). The van der Waals surface area contributed by atoms with E-state index in [4.69, 9.17) is 11.6 Å². The molecule has 5 heteroatoms. The lowest BCUT2D eigenvalue weighted by molar-refractivity contribution is -0.126. The van der Waals surface area contributed by atoms with Crippen LogP contribution in [-0.4, -0.2) is 11.8 Å². The first-order valence-corrected chi connectivity index (χ1v) is 8.23. The van der Waals surface area contributed by atoms with Gasteiger partial charge in [0.15, 0.2) is 0 Å². The molecule has 126 valence electrons. The highest BCUT2D eigenvalue weighted by Crippen LogP contribution is 2.23. The number of hydrogen-bond acceptors (Lipinski definition) is 2. The molecule has 0 unspecified atom stereocenters. The highest BCUT2D eigenvalue weighted by molar-refractivity contribution is 6.30. The molecule has 0 aliphatic carbocycles. The van der Waals surface area contributed by atoms with Crippen LogP contribution in [0.4, 0.5) is 5.69 Å². The Kier molecular flexibility index (Phi) is 6.38. The summed E-state index contributed by atoms with van der Waals surface area (Å²) in [6.45, 7) is 4.49. The quantitative estimate of drug-likeness (QED) is 0.775. The first-order valence-electron chi connectivity index (χ1n) is 7.85. The third kappa shape index (κ3) is 5.39. The van der Waals surface area contributed by atoms with Crippen molar-refractivity contribution in [1.29, 1.82) is 0 Å². The Morgan fingerprint density at radius 2 is 1.67 bits per heavy atom. The molecule has 0 radical (unpaired) electrons. The van der Waals surface area contributed by atoms with E-state index in [1.54, 1.807) is 12.1 Å². The van der Waals surface area contributed by atoms with E-state index in [-0.39, 0.29) is 18.2 Å². The molecule has 0 fully saturated rings. The molecule has 2 N–H and O–H groups in total. The predicted octanol–water partition coefficient (Wildman–Crippen LogP) is 4.11. The predicted molar refractivity (Wildman–Crippen MR) is 97.1 cm³/mol. The summed E-state index contributed by atoms with van der Waals surface area (Å²) in [5.74, 6) is -0.346. The van der Waals surface area contributed by atoms with Crippen LogP contribution in [0.3, 0.4) is 0 Å². The summed E-state index contributed by atoms with van der Waals surface area (Å²) >= 11 is 5.81. The lowest BCUT2D eigenvalue weighted by atomic mass is 10.0. The van der Waals surface area contributed by atoms with Gasteiger partial charge in [0.05, 0.1) is 0 Å². The molecule has 0 spiro atoms. The zero-order valence-corrected chi connectivity index (χ0v) is 14.6. The van der Waals surface area contributed by atoms with Gasteiger partial charge in [-0.2, -0.15) is 0 Å². The van der Waals surface area contributed by atoms with E-state index in [0.717, 1.165) is 16.8 Å². The lowest BCUT2D eigenvalue weighted by Crippen LogP contribution is -2.28. The molecule has 0 aromatic heterocycles. The molecule has 2 aromatic carbocycles. The molecule has 2 aromatic rings. The average molecular weight is 345 g/mol. The highest BCUT2D eigenvalue weighted by Gasteiger charge is 2.12. The van der Waals surface area contributed by atoms with Crippen molar-refractivity contribution in [2.24, 2.45) is 0 Å². The maximum atomic E-state index is 12.1. The number of para-hydroxylation sites is 1. The van der Waals surface area contributed by atoms with E-state index in [2.05, 4.69) is 24.5 Å². The van der Waals surface area contributed by atoms with Crippen molar-refractivity contribution in [3.05, 3.63) is 64.7 Å². The van der Waals surface area contributed by atoms with Gasteiger partial charge < -0.3 is 10.6 Å². The van der Waals surface area contributed by atoms with Crippen molar-refractivity contribution in [2.75, 3.05) is 5.32 Å². The van der Waals surface area contributed by atoms with E-state index in [0.29, 0.717) is 17.5 Å². The molecule has 4 nitrogen and oxygen atoms in total. The van der Waals surface area contributed by atoms with E-state index in [1.807, 2.05) is 36.4 Å². The molecular weight excluding hydrogens is 324 g/mol. The monoisotopic (exact) mass is 344 g/mol. The first kappa shape index (κ1) is 18.0. The van der Waals surface area contributed by atoms with Gasteiger partial charge in [0.25, 0.3) is 0 Å². The smallest absolute Gasteiger partial charge is 0.233 e. The zero-order valence-electron chi connectivity index (χ0n) is 13.8. The number of benzene rings is 2. The molecule has 24 heavy (non-hydrogen) atoms. The molecule has 2 amide bonds. The van der Waals surface area contributed by atoms with Crippen molar-refractivity contribution in [3.8, 4) is 0 Å². The Bertz CT molecular complexity index is 712. The third-order valence-electron chi connectivity index (χ3n) is 3.58. The third-order valence-corrected chi connectivity index (χ3v) is 3.83. The maximum Gasteiger partial charge on any atom is 0.233 e. The van der Waals surface area contributed by atoms with Crippen molar-refractivity contribution in [1.82, 2.24) is 5.32 Å². The largest absolute Gasteiger partial charge is 0.352 e. The summed E-state index contributed by atoms with van der Waals surface area (Å²) < 4.78 is 0. The zero-order chi connectivity index (χ0) is 17.5. The summed E-state index contributed by atoms with van der Waals surface area (Å²) in [5.41, 5.74) is 2.73. The van der Waals surface area contributed by atoms with Crippen LogP contribution in [0.5, 0.6) is 0 Å². The SMILES string of the molecule is CC(C)c1ccccc1NC(=O)CC(=O)NCc1ccc(Cl)cc1. The van der Waals surface area contributed by atoms with Gasteiger partial charge in [0.1, 0.15) is 6.42 Å². The number of anilines is 1. The Balaban J connectivity index is 1.86. The summed E-state index contributed by atoms with van der Waals surface area (Å²) in [7, 11) is 0. The molecule has 0 saturated carbocycles. The van der Waals surface area contributed by atoms with Crippen molar-refractivity contribution < 1.29 is 9.59 Å². The molecular formula is C19H21ClN2O2. The minimum Gasteiger partial charge on any atom is -0.352 e. The standard InChI is InChI=1S/C19H21ClN2O2/c1-13(2)16-5-3-4-6-17(16)22-19(24)11-18(23)21-12-14-7-9-15(20)10-8-14/h3-10,13H,11-12H2,1-2H3,(H,21,23)(H,22,24). The molecule has 0 bridgehead atoms. The van der Waals surface area contributed by atoms with Crippen molar-refractivity contribution >= 4 is 29.1 Å². The fourth-order valence-corrected chi connectivity index (χ4v) is 2.45. The van der Waals surface area contributed by atoms with Gasteiger partial charge in [-0.1, -0.05) is 55.8 Å². The molecule has 0 aliphatic rings. The number of amides is 2. The summed E-state index contributed by atoms with van der Waals surface area (Å²) in [6, 6.07) is 14.8. The van der Waals surface area contributed by atoms with Gasteiger partial charge in [-0.15, -0.1) is 0 Å². The first-order chi connectivity index (χ1) is 11.5. The van der Waals surface area contributed by atoms with Gasteiger partial charge in [0.2, 0.25) is 11.8 Å². The Morgan fingerprint density at radius 1 is 1.00 bits per heavy atom. The summed E-state index contributed by atoms with van der Waals surface area (Å²) in [5, 5.41) is 6.19. The molecule has 0 aliphatic heterocycles. The fourth-order valence-electron chi connectivity index (χ4n) is 2.32. The van der Waals surface area contributed by atoms with Crippen LogP contribution < -0.4 is 10.6 Å². The number of nitrogens with one attached hydrogen (secondary N) is 2. The number of carbonyl (C=O) groups is 2. The second-order valence-electron chi connectivity index (χ2n) is 5.87. The highest BCUT2D eigenvalue weighted by atomic mass is 35.5. The lowest BCUT2D eigenvalue weighted by Gasteiger charge is -2.13. The minimum atomic E-state index is -0.322. The topological polar surface area (TPSA) is 58.2 Å². The van der Waals surface area contributed by atoms with Crippen LogP contribution in [0, 0.1) is 0 Å². The Labute approximate surface area is 147 Å². The van der Waals surface area contributed by atoms with Crippen LogP contribution in [0.15, 0.2) is 48.5 Å².